The Bertz CT molecular complexity index is 565. The van der Waals surface area contributed by atoms with Crippen molar-refractivity contribution in [3.8, 4) is 11.5 Å². The third kappa shape index (κ3) is 3.15. The number of ether oxygens (including phenoxy) is 2. The Morgan fingerprint density at radius 1 is 1.10 bits per heavy atom. The average molecular weight is 273 g/mol. The second-order valence-corrected chi connectivity index (χ2v) is 4.69. The van der Waals surface area contributed by atoms with E-state index in [4.69, 9.17) is 9.47 Å². The monoisotopic (exact) mass is 273 g/mol. The standard InChI is InChI=1S/C16H16FNO2/c17-13-2-1-3-15(10-13)20-14-6-4-12(5-7-14)16-11-18-8-9-19-16/h1-7,10,16,18H,8-9,11H2. The normalized spacial score (nSPS) is 18.8. The molecule has 0 saturated carbocycles. The summed E-state index contributed by atoms with van der Waals surface area (Å²) in [7, 11) is 0. The van der Waals surface area contributed by atoms with Crippen LogP contribution in [0.15, 0.2) is 48.5 Å². The number of rotatable bonds is 3. The van der Waals surface area contributed by atoms with Gasteiger partial charge in [-0.05, 0) is 29.8 Å². The van der Waals surface area contributed by atoms with Gasteiger partial charge in [0.15, 0.2) is 0 Å². The van der Waals surface area contributed by atoms with Crippen LogP contribution in [0.4, 0.5) is 4.39 Å². The molecule has 1 atom stereocenters. The predicted molar refractivity (Wildman–Crippen MR) is 74.5 cm³/mol. The minimum absolute atomic E-state index is 0.0898. The average Bonchev–Trinajstić information content (AvgIpc) is 2.49. The van der Waals surface area contributed by atoms with Crippen LogP contribution in [0.25, 0.3) is 0 Å². The molecule has 0 amide bonds. The predicted octanol–water partition coefficient (Wildman–Crippen LogP) is 3.28. The Balaban J connectivity index is 1.69. The minimum Gasteiger partial charge on any atom is -0.457 e. The lowest BCUT2D eigenvalue weighted by atomic mass is 10.1. The first-order chi connectivity index (χ1) is 9.81. The van der Waals surface area contributed by atoms with Crippen molar-refractivity contribution in [3.63, 3.8) is 0 Å². The molecule has 1 fully saturated rings. The third-order valence-electron chi connectivity index (χ3n) is 3.21. The van der Waals surface area contributed by atoms with Gasteiger partial charge in [-0.2, -0.15) is 0 Å². The van der Waals surface area contributed by atoms with Crippen LogP contribution < -0.4 is 10.1 Å². The quantitative estimate of drug-likeness (QED) is 0.931. The molecule has 3 nitrogen and oxygen atoms in total. The minimum atomic E-state index is -0.305. The molecule has 20 heavy (non-hydrogen) atoms. The first-order valence-corrected chi connectivity index (χ1v) is 6.67. The maximum Gasteiger partial charge on any atom is 0.130 e. The van der Waals surface area contributed by atoms with Gasteiger partial charge in [0.25, 0.3) is 0 Å². The van der Waals surface area contributed by atoms with Crippen LogP contribution in [0.2, 0.25) is 0 Å². The number of benzene rings is 2. The van der Waals surface area contributed by atoms with E-state index in [1.54, 1.807) is 12.1 Å². The maximum atomic E-state index is 13.1. The Labute approximate surface area is 117 Å². The molecule has 4 heteroatoms. The molecule has 1 saturated heterocycles. The van der Waals surface area contributed by atoms with E-state index in [2.05, 4.69) is 5.32 Å². The zero-order valence-electron chi connectivity index (χ0n) is 11.0. The highest BCUT2D eigenvalue weighted by atomic mass is 19.1. The van der Waals surface area contributed by atoms with E-state index < -0.39 is 0 Å². The van der Waals surface area contributed by atoms with Gasteiger partial charge in [-0.1, -0.05) is 18.2 Å². The summed E-state index contributed by atoms with van der Waals surface area (Å²) in [6, 6.07) is 13.8. The fourth-order valence-electron chi connectivity index (χ4n) is 2.20. The second kappa shape index (κ2) is 6.03. The van der Waals surface area contributed by atoms with Gasteiger partial charge >= 0.3 is 0 Å². The number of halogens is 1. The van der Waals surface area contributed by atoms with Crippen molar-refractivity contribution in [1.29, 1.82) is 0 Å². The fraction of sp³-hybridized carbons (Fsp3) is 0.250. The summed E-state index contributed by atoms with van der Waals surface area (Å²) in [5.74, 6) is 0.872. The number of morpholine rings is 1. The smallest absolute Gasteiger partial charge is 0.130 e. The summed E-state index contributed by atoms with van der Waals surface area (Å²) >= 11 is 0. The topological polar surface area (TPSA) is 30.5 Å². The molecule has 0 bridgehead atoms. The molecule has 1 unspecified atom stereocenters. The van der Waals surface area contributed by atoms with E-state index in [0.717, 1.165) is 25.3 Å². The molecular weight excluding hydrogens is 257 g/mol. The van der Waals surface area contributed by atoms with E-state index in [1.165, 1.54) is 12.1 Å². The molecule has 0 spiro atoms. The van der Waals surface area contributed by atoms with Gasteiger partial charge in [-0.3, -0.25) is 0 Å². The summed E-state index contributed by atoms with van der Waals surface area (Å²) in [5, 5.41) is 3.30. The van der Waals surface area contributed by atoms with Crippen LogP contribution in [0, 0.1) is 5.82 Å². The Morgan fingerprint density at radius 3 is 2.65 bits per heavy atom. The molecular formula is C16H16FNO2. The number of hydrogen-bond donors (Lipinski definition) is 1. The molecule has 2 aromatic rings. The molecule has 1 heterocycles. The number of nitrogens with one attached hydrogen (secondary N) is 1. The van der Waals surface area contributed by atoms with E-state index in [1.807, 2.05) is 24.3 Å². The van der Waals surface area contributed by atoms with Gasteiger partial charge in [-0.25, -0.2) is 4.39 Å². The highest BCUT2D eigenvalue weighted by molar-refractivity contribution is 5.34. The van der Waals surface area contributed by atoms with E-state index in [9.17, 15) is 4.39 Å². The molecule has 0 aliphatic carbocycles. The van der Waals surface area contributed by atoms with Gasteiger partial charge in [0.05, 0.1) is 12.7 Å². The Kier molecular flexibility index (Phi) is 3.95. The van der Waals surface area contributed by atoms with Crippen molar-refractivity contribution in [1.82, 2.24) is 5.32 Å². The summed E-state index contributed by atoms with van der Waals surface area (Å²) < 4.78 is 24.4. The highest BCUT2D eigenvalue weighted by Gasteiger charge is 2.15. The summed E-state index contributed by atoms with van der Waals surface area (Å²) in [5.41, 5.74) is 1.11. The van der Waals surface area contributed by atoms with Gasteiger partial charge < -0.3 is 14.8 Å². The van der Waals surface area contributed by atoms with Crippen molar-refractivity contribution < 1.29 is 13.9 Å². The molecule has 0 aromatic heterocycles. The maximum absolute atomic E-state index is 13.1. The number of hydrogen-bond acceptors (Lipinski definition) is 3. The van der Waals surface area contributed by atoms with Crippen molar-refractivity contribution in [2.24, 2.45) is 0 Å². The van der Waals surface area contributed by atoms with Crippen LogP contribution in [-0.2, 0) is 4.74 Å². The van der Waals surface area contributed by atoms with Crippen molar-refractivity contribution in [2.45, 2.75) is 6.10 Å². The van der Waals surface area contributed by atoms with Gasteiger partial charge in [0.1, 0.15) is 17.3 Å². The lowest BCUT2D eigenvalue weighted by molar-refractivity contribution is 0.0277. The molecule has 1 aliphatic rings. The van der Waals surface area contributed by atoms with Crippen LogP contribution in [0.3, 0.4) is 0 Å². The van der Waals surface area contributed by atoms with Crippen LogP contribution in [0.1, 0.15) is 11.7 Å². The third-order valence-corrected chi connectivity index (χ3v) is 3.21. The van der Waals surface area contributed by atoms with Crippen LogP contribution in [-0.4, -0.2) is 19.7 Å². The lowest BCUT2D eigenvalue weighted by Crippen LogP contribution is -2.33. The fourth-order valence-corrected chi connectivity index (χ4v) is 2.20. The zero-order chi connectivity index (χ0) is 13.8. The molecule has 3 rings (SSSR count). The molecule has 1 aliphatic heterocycles. The Hall–Kier alpha value is -1.91. The molecule has 104 valence electrons. The van der Waals surface area contributed by atoms with Gasteiger partial charge in [0, 0.05) is 19.2 Å². The van der Waals surface area contributed by atoms with E-state index >= 15 is 0 Å². The molecule has 2 aromatic carbocycles. The van der Waals surface area contributed by atoms with E-state index in [-0.39, 0.29) is 11.9 Å². The van der Waals surface area contributed by atoms with Crippen molar-refractivity contribution >= 4 is 0 Å². The first kappa shape index (κ1) is 13.1. The van der Waals surface area contributed by atoms with Crippen molar-refractivity contribution in [2.75, 3.05) is 19.7 Å². The highest BCUT2D eigenvalue weighted by Crippen LogP contribution is 2.25. The summed E-state index contributed by atoms with van der Waals surface area (Å²) in [4.78, 5) is 0. The van der Waals surface area contributed by atoms with Crippen molar-refractivity contribution in [3.05, 3.63) is 59.9 Å². The van der Waals surface area contributed by atoms with Gasteiger partial charge in [0.2, 0.25) is 0 Å². The van der Waals surface area contributed by atoms with E-state index in [0.29, 0.717) is 11.5 Å². The second-order valence-electron chi connectivity index (χ2n) is 4.69. The van der Waals surface area contributed by atoms with Gasteiger partial charge in [-0.15, -0.1) is 0 Å². The largest absolute Gasteiger partial charge is 0.457 e. The first-order valence-electron chi connectivity index (χ1n) is 6.67. The lowest BCUT2D eigenvalue weighted by Gasteiger charge is -2.24. The van der Waals surface area contributed by atoms with Crippen LogP contribution in [0.5, 0.6) is 11.5 Å². The summed E-state index contributed by atoms with van der Waals surface area (Å²) in [6.07, 6.45) is 0.0898. The zero-order valence-corrected chi connectivity index (χ0v) is 11.0. The Morgan fingerprint density at radius 2 is 1.95 bits per heavy atom. The SMILES string of the molecule is Fc1cccc(Oc2ccc(C3CNCCO3)cc2)c1. The van der Waals surface area contributed by atoms with Crippen LogP contribution >= 0.6 is 0 Å². The summed E-state index contributed by atoms with van der Waals surface area (Å²) in [6.45, 7) is 2.45. The molecule has 1 N–H and O–H groups in total. The molecule has 0 radical (unpaired) electrons.